The van der Waals surface area contributed by atoms with Crippen LogP contribution in [0.4, 0.5) is 0 Å². The molecule has 24 heavy (non-hydrogen) atoms. The van der Waals surface area contributed by atoms with Crippen LogP contribution in [0, 0.1) is 0 Å². The molecule has 3 heterocycles. The molecule has 3 aromatic heterocycles. The molecule has 4 rings (SSSR count). The van der Waals surface area contributed by atoms with E-state index in [0.717, 1.165) is 33.9 Å². The molecule has 0 fully saturated rings. The molecule has 0 spiro atoms. The van der Waals surface area contributed by atoms with E-state index in [9.17, 15) is 0 Å². The molecule has 0 unspecified atom stereocenters. The molecular weight excluding hydrogens is 300 g/mol. The van der Waals surface area contributed by atoms with Crippen molar-refractivity contribution in [2.45, 2.75) is 6.54 Å². The molecule has 5 nitrogen and oxygen atoms in total. The summed E-state index contributed by atoms with van der Waals surface area (Å²) in [5.74, 6) is 1.70. The number of methoxy groups -OCH3 is 1. The fourth-order valence-electron chi connectivity index (χ4n) is 2.78. The predicted molar refractivity (Wildman–Crippen MR) is 92.9 cm³/mol. The van der Waals surface area contributed by atoms with E-state index in [-0.39, 0.29) is 0 Å². The van der Waals surface area contributed by atoms with Crippen molar-refractivity contribution >= 4 is 11.2 Å². The lowest BCUT2D eigenvalue weighted by Gasteiger charge is -2.10. The summed E-state index contributed by atoms with van der Waals surface area (Å²) >= 11 is 0. The topological polar surface area (TPSA) is 52.8 Å². The van der Waals surface area contributed by atoms with Crippen LogP contribution in [0.3, 0.4) is 0 Å². The van der Waals surface area contributed by atoms with E-state index >= 15 is 0 Å². The number of hydrogen-bond acceptors (Lipinski definition) is 4. The van der Waals surface area contributed by atoms with E-state index in [0.29, 0.717) is 6.54 Å². The van der Waals surface area contributed by atoms with Gasteiger partial charge in [0.05, 0.1) is 13.7 Å². The molecule has 0 amide bonds. The molecule has 0 N–H and O–H groups in total. The van der Waals surface area contributed by atoms with Gasteiger partial charge in [0.2, 0.25) is 0 Å². The van der Waals surface area contributed by atoms with E-state index in [1.807, 2.05) is 48.7 Å². The molecule has 0 aliphatic rings. The number of aromatic nitrogens is 4. The Hall–Kier alpha value is -3.21. The highest BCUT2D eigenvalue weighted by atomic mass is 16.5. The first-order valence-corrected chi connectivity index (χ1v) is 7.70. The summed E-state index contributed by atoms with van der Waals surface area (Å²) in [5.41, 5.74) is 3.83. The van der Waals surface area contributed by atoms with E-state index in [1.165, 1.54) is 0 Å². The van der Waals surface area contributed by atoms with Gasteiger partial charge in [0, 0.05) is 24.2 Å². The van der Waals surface area contributed by atoms with E-state index in [4.69, 9.17) is 9.72 Å². The molecule has 0 aliphatic heterocycles. The van der Waals surface area contributed by atoms with Crippen LogP contribution in [0.1, 0.15) is 5.56 Å². The minimum Gasteiger partial charge on any atom is -0.497 e. The van der Waals surface area contributed by atoms with Gasteiger partial charge in [0.15, 0.2) is 5.65 Å². The smallest absolute Gasteiger partial charge is 0.160 e. The second-order valence-electron chi connectivity index (χ2n) is 5.46. The second-order valence-corrected chi connectivity index (χ2v) is 5.46. The van der Waals surface area contributed by atoms with Crippen LogP contribution < -0.4 is 4.74 Å². The van der Waals surface area contributed by atoms with Gasteiger partial charge < -0.3 is 9.30 Å². The largest absolute Gasteiger partial charge is 0.497 e. The number of fused-ring (bicyclic) bond motifs is 1. The van der Waals surface area contributed by atoms with Crippen LogP contribution in [0.2, 0.25) is 0 Å². The maximum atomic E-state index is 5.33. The normalized spacial score (nSPS) is 10.9. The Bertz CT molecular complexity index is 979. The molecule has 4 aromatic rings. The molecular formula is C19H16N4O. The third-order valence-corrected chi connectivity index (χ3v) is 3.90. The molecule has 1 aromatic carbocycles. The summed E-state index contributed by atoms with van der Waals surface area (Å²) in [7, 11) is 1.67. The highest BCUT2D eigenvalue weighted by Gasteiger charge is 2.14. The maximum absolute atomic E-state index is 5.33. The zero-order valence-corrected chi connectivity index (χ0v) is 13.3. The zero-order chi connectivity index (χ0) is 16.4. The van der Waals surface area contributed by atoms with Gasteiger partial charge in [-0.15, -0.1) is 0 Å². The molecule has 118 valence electrons. The summed E-state index contributed by atoms with van der Waals surface area (Å²) in [6, 6.07) is 15.8. The van der Waals surface area contributed by atoms with Gasteiger partial charge in [-0.2, -0.15) is 0 Å². The summed E-state index contributed by atoms with van der Waals surface area (Å²) in [6.45, 7) is 0.662. The van der Waals surface area contributed by atoms with Gasteiger partial charge in [-0.3, -0.25) is 4.98 Å². The standard InChI is InChI=1S/C19H16N4O/c1-24-16-7-2-5-14(11-16)13-23-18(15-6-3-9-20-12-15)22-17-8-4-10-21-19(17)23/h2-12H,13H2,1H3. The van der Waals surface area contributed by atoms with Crippen LogP contribution in [0.15, 0.2) is 67.1 Å². The van der Waals surface area contributed by atoms with Crippen molar-refractivity contribution in [3.8, 4) is 17.1 Å². The van der Waals surface area contributed by atoms with Crippen molar-refractivity contribution in [1.82, 2.24) is 19.5 Å². The number of imidazole rings is 1. The number of ether oxygens (including phenoxy) is 1. The van der Waals surface area contributed by atoms with Gasteiger partial charge in [0.25, 0.3) is 0 Å². The van der Waals surface area contributed by atoms with Crippen molar-refractivity contribution in [3.05, 3.63) is 72.7 Å². The third-order valence-electron chi connectivity index (χ3n) is 3.90. The van der Waals surface area contributed by atoms with Crippen molar-refractivity contribution in [1.29, 1.82) is 0 Å². The van der Waals surface area contributed by atoms with E-state index in [2.05, 4.69) is 20.6 Å². The molecule has 0 saturated heterocycles. The SMILES string of the molecule is COc1cccc(Cn2c(-c3cccnc3)nc3cccnc32)c1. The summed E-state index contributed by atoms with van der Waals surface area (Å²) in [4.78, 5) is 13.5. The Labute approximate surface area is 139 Å². The summed E-state index contributed by atoms with van der Waals surface area (Å²) in [6.07, 6.45) is 5.37. The minimum absolute atomic E-state index is 0.662. The fraction of sp³-hybridized carbons (Fsp3) is 0.105. The van der Waals surface area contributed by atoms with Crippen molar-refractivity contribution in [3.63, 3.8) is 0 Å². The monoisotopic (exact) mass is 316 g/mol. The highest BCUT2D eigenvalue weighted by molar-refractivity contribution is 5.77. The molecule has 5 heteroatoms. The lowest BCUT2D eigenvalue weighted by Crippen LogP contribution is -2.03. The minimum atomic E-state index is 0.662. The third kappa shape index (κ3) is 2.60. The highest BCUT2D eigenvalue weighted by Crippen LogP contribution is 2.24. The molecule has 0 atom stereocenters. The van der Waals surface area contributed by atoms with E-state index < -0.39 is 0 Å². The molecule has 0 bridgehead atoms. The Balaban J connectivity index is 1.86. The van der Waals surface area contributed by atoms with Crippen molar-refractivity contribution < 1.29 is 4.74 Å². The number of nitrogens with zero attached hydrogens (tertiary/aromatic N) is 4. The predicted octanol–water partition coefficient (Wildman–Crippen LogP) is 3.55. The summed E-state index contributed by atoms with van der Waals surface area (Å²) < 4.78 is 7.44. The number of pyridine rings is 2. The van der Waals surface area contributed by atoms with Gasteiger partial charge in [-0.1, -0.05) is 12.1 Å². The molecule has 0 saturated carbocycles. The van der Waals surface area contributed by atoms with Crippen LogP contribution in [0.25, 0.3) is 22.6 Å². The number of rotatable bonds is 4. The lowest BCUT2D eigenvalue weighted by molar-refractivity contribution is 0.414. The zero-order valence-electron chi connectivity index (χ0n) is 13.3. The number of benzene rings is 1. The summed E-state index contributed by atoms with van der Waals surface area (Å²) in [5, 5.41) is 0. The van der Waals surface area contributed by atoms with Gasteiger partial charge in [-0.25, -0.2) is 9.97 Å². The van der Waals surface area contributed by atoms with Crippen molar-refractivity contribution in [2.75, 3.05) is 7.11 Å². The first kappa shape index (κ1) is 14.4. The lowest BCUT2D eigenvalue weighted by atomic mass is 10.2. The number of hydrogen-bond donors (Lipinski definition) is 0. The van der Waals surface area contributed by atoms with Crippen molar-refractivity contribution in [2.24, 2.45) is 0 Å². The van der Waals surface area contributed by atoms with Gasteiger partial charge >= 0.3 is 0 Å². The Morgan fingerprint density at radius 3 is 2.79 bits per heavy atom. The van der Waals surface area contributed by atoms with Crippen LogP contribution >= 0.6 is 0 Å². The molecule has 0 radical (unpaired) electrons. The Kier molecular flexibility index (Phi) is 3.67. The quantitative estimate of drug-likeness (QED) is 0.578. The van der Waals surface area contributed by atoms with Crippen LogP contribution in [0.5, 0.6) is 5.75 Å². The first-order valence-electron chi connectivity index (χ1n) is 7.70. The average Bonchev–Trinajstić information content (AvgIpc) is 3.01. The maximum Gasteiger partial charge on any atom is 0.160 e. The van der Waals surface area contributed by atoms with E-state index in [1.54, 1.807) is 19.5 Å². The van der Waals surface area contributed by atoms with Crippen LogP contribution in [-0.4, -0.2) is 26.6 Å². The first-order chi connectivity index (χ1) is 11.8. The fourth-order valence-corrected chi connectivity index (χ4v) is 2.78. The Morgan fingerprint density at radius 2 is 1.96 bits per heavy atom. The van der Waals surface area contributed by atoms with Gasteiger partial charge in [-0.05, 0) is 42.0 Å². The second kappa shape index (κ2) is 6.12. The van der Waals surface area contributed by atoms with Gasteiger partial charge in [0.1, 0.15) is 17.1 Å². The van der Waals surface area contributed by atoms with Crippen LogP contribution in [-0.2, 0) is 6.54 Å². The molecule has 0 aliphatic carbocycles. The average molecular weight is 316 g/mol. The Morgan fingerprint density at radius 1 is 1.04 bits per heavy atom.